The summed E-state index contributed by atoms with van der Waals surface area (Å²) in [6.07, 6.45) is 0. The van der Waals surface area contributed by atoms with Crippen LogP contribution in [0.3, 0.4) is 0 Å². The molecule has 0 aromatic carbocycles. The summed E-state index contributed by atoms with van der Waals surface area (Å²) < 4.78 is 0. The van der Waals surface area contributed by atoms with Crippen LogP contribution in [0.15, 0.2) is 0 Å². The topological polar surface area (TPSA) is 0 Å². The zero-order chi connectivity index (χ0) is 0. The van der Waals surface area contributed by atoms with Crippen LogP contribution in [0.2, 0.25) is 0 Å². The molecule has 0 spiro atoms. The molecular weight excluding hydrogens is 547 g/mol. The van der Waals surface area contributed by atoms with Crippen molar-refractivity contribution < 1.29 is 19.5 Å². The van der Waals surface area contributed by atoms with Crippen molar-refractivity contribution >= 4 is 90.2 Å². The van der Waals surface area contributed by atoms with Crippen LogP contribution in [0.4, 0.5) is 0 Å². The zero-order valence-electron chi connectivity index (χ0n) is 2.70. The molecule has 0 saturated carbocycles. The fourth-order valence-electron chi connectivity index (χ4n) is 0. The molecule has 0 heterocycles. The van der Waals surface area contributed by atoms with E-state index < -0.39 is 0 Å². The third-order valence-corrected chi connectivity index (χ3v) is 0. The molecule has 0 aliphatic carbocycles. The first kappa shape index (κ1) is 59.7. The molecule has 0 aliphatic rings. The smallest absolute Gasteiger partial charge is 0 e. The second-order valence-corrected chi connectivity index (χ2v) is 0. The van der Waals surface area contributed by atoms with E-state index in [1.165, 1.54) is 0 Å². The number of hydrogen-bond acceptors (Lipinski definition) is 0. The van der Waals surface area contributed by atoms with Gasteiger partial charge in [0.05, 0.1) is 0 Å². The van der Waals surface area contributed by atoms with Crippen molar-refractivity contribution in [2.45, 2.75) is 0 Å². The van der Waals surface area contributed by atoms with Gasteiger partial charge in [0.1, 0.15) is 0 Å². The number of hydrogen-bond donors (Lipinski definition) is 0. The van der Waals surface area contributed by atoms with Gasteiger partial charge in [0.15, 0.2) is 17.4 Å². The van der Waals surface area contributed by atoms with Crippen molar-refractivity contribution in [3.63, 3.8) is 0 Å². The minimum Gasteiger partial charge on any atom is -0.0149 e. The van der Waals surface area contributed by atoms with Crippen LogP contribution >= 0.6 is 0 Å². The molecule has 0 rings (SSSR count). The zero-order valence-corrected chi connectivity index (χ0v) is 16.7. The molecule has 0 atom stereocenters. The SMILES string of the molecule is [AlH3].[B].[BiH3].[PbH2].[SiH4].[Zn]. The summed E-state index contributed by atoms with van der Waals surface area (Å²) in [7, 11) is 0. The molecule has 0 saturated heterocycles. The van der Waals surface area contributed by atoms with Crippen LogP contribution in [0, 0.1) is 0 Å². The van der Waals surface area contributed by atoms with E-state index in [0.717, 1.165) is 0 Å². The monoisotopic (exact) mass is 559 g/mol. The van der Waals surface area contributed by atoms with Gasteiger partial charge in [-0.3, -0.25) is 0 Å². The molecule has 6 heavy (non-hydrogen) atoms. The normalized spacial score (nSPS) is 0. The van der Waals surface area contributed by atoms with E-state index in [-0.39, 0.29) is 110 Å². The Balaban J connectivity index is 0. The van der Waals surface area contributed by atoms with Gasteiger partial charge < -0.3 is 0 Å². The second kappa shape index (κ2) is 41.1. The molecule has 6 heteroatoms. The van der Waals surface area contributed by atoms with E-state index in [9.17, 15) is 0 Å². The third-order valence-electron chi connectivity index (χ3n) is 0. The van der Waals surface area contributed by atoms with Gasteiger partial charge in [-0.25, -0.2) is 0 Å². The van der Waals surface area contributed by atoms with Crippen molar-refractivity contribution in [1.82, 2.24) is 0 Å². The predicted molar refractivity (Wildman–Crippen MR) is 45.5 cm³/mol. The molecule has 0 aromatic rings. The molecule has 0 N–H and O–H groups in total. The van der Waals surface area contributed by atoms with Gasteiger partial charge in [0.25, 0.3) is 0 Å². The van der Waals surface area contributed by atoms with Gasteiger partial charge in [-0.2, -0.15) is 0 Å². The molecule has 0 nitrogen and oxygen atoms in total. The van der Waals surface area contributed by atoms with E-state index in [0.29, 0.717) is 0 Å². The van der Waals surface area contributed by atoms with Gasteiger partial charge >= 0.3 is 53.5 Å². The first-order chi connectivity index (χ1) is 0. The van der Waals surface area contributed by atoms with Crippen molar-refractivity contribution in [3.05, 3.63) is 0 Å². The Morgan fingerprint density at radius 1 is 1.00 bits per heavy atom. The Morgan fingerprint density at radius 3 is 1.00 bits per heavy atom. The number of rotatable bonds is 0. The maximum absolute atomic E-state index is 0. The Hall–Kier alpha value is 3.24. The summed E-state index contributed by atoms with van der Waals surface area (Å²) in [5.41, 5.74) is 0. The molecule has 0 fully saturated rings. The predicted octanol–water partition coefficient (Wildman–Crippen LogP) is -5.12. The minimum absolute atomic E-state index is 0. The maximum atomic E-state index is 0. The first-order valence-corrected chi connectivity index (χ1v) is 0. The standard InChI is InChI=1S/Al.B.Bi.Pb.H4Si.Zn.8H/h;;;;1H4;;;;;;;;;. The summed E-state index contributed by atoms with van der Waals surface area (Å²) in [5, 5.41) is 0. The maximum Gasteiger partial charge on any atom is 0 e. The van der Waals surface area contributed by atoms with Crippen LogP contribution < -0.4 is 0 Å². The van der Waals surface area contributed by atoms with Gasteiger partial charge in [-0.1, -0.05) is 0 Å². The summed E-state index contributed by atoms with van der Waals surface area (Å²) in [5.74, 6) is 0. The Labute approximate surface area is 108 Å². The van der Waals surface area contributed by atoms with E-state index in [4.69, 9.17) is 0 Å². The first-order valence-electron chi connectivity index (χ1n) is 0. The summed E-state index contributed by atoms with van der Waals surface area (Å²) >= 11 is 0. The summed E-state index contributed by atoms with van der Waals surface area (Å²) in [6.45, 7) is 0. The van der Waals surface area contributed by atoms with Gasteiger partial charge in [-0.05, 0) is 11.0 Å². The minimum atomic E-state index is 0. The largest absolute Gasteiger partial charge is 0.0149 e. The third kappa shape index (κ3) is 26.8. The molecule has 33 valence electrons. The van der Waals surface area contributed by atoms with Crippen LogP contribution in [0.1, 0.15) is 0 Å². The molecule has 0 amide bonds. The van der Waals surface area contributed by atoms with Crippen LogP contribution in [0.5, 0.6) is 0 Å². The van der Waals surface area contributed by atoms with Crippen molar-refractivity contribution in [1.29, 1.82) is 0 Å². The van der Waals surface area contributed by atoms with E-state index in [2.05, 4.69) is 0 Å². The quantitative estimate of drug-likeness (QED) is 0.261. The molecule has 0 bridgehead atoms. The Kier molecular flexibility index (Phi) is 409. The van der Waals surface area contributed by atoms with Gasteiger partial charge in [0.2, 0.25) is 0 Å². The molecule has 5 radical (unpaired) electrons. The van der Waals surface area contributed by atoms with E-state index >= 15 is 0 Å². The Morgan fingerprint density at radius 2 is 1.00 bits per heavy atom. The van der Waals surface area contributed by atoms with Crippen LogP contribution in [-0.2, 0) is 19.5 Å². The molecular formula is H12AlBBiPbSiZn. The Bertz CT molecular complexity index is 15.5. The van der Waals surface area contributed by atoms with E-state index in [1.54, 1.807) is 0 Å². The van der Waals surface area contributed by atoms with Crippen LogP contribution in [-0.4, -0.2) is 90.2 Å². The molecule has 0 unspecified atom stereocenters. The summed E-state index contributed by atoms with van der Waals surface area (Å²) in [4.78, 5) is 0. The molecule has 0 aromatic heterocycles. The van der Waals surface area contributed by atoms with Crippen molar-refractivity contribution in [3.8, 4) is 0 Å². The summed E-state index contributed by atoms with van der Waals surface area (Å²) in [6, 6.07) is 0. The fourth-order valence-corrected chi connectivity index (χ4v) is 0. The average Bonchev–Trinajstić information content (AvgIpc) is 0. The fraction of sp³-hybridized carbons (Fsp3) is 0. The van der Waals surface area contributed by atoms with Crippen molar-refractivity contribution in [2.24, 2.45) is 0 Å². The van der Waals surface area contributed by atoms with Gasteiger partial charge in [0, 0.05) is 27.9 Å². The van der Waals surface area contributed by atoms with E-state index in [1.807, 2.05) is 0 Å². The van der Waals surface area contributed by atoms with Gasteiger partial charge in [-0.15, -0.1) is 0 Å². The average molecular weight is 560 g/mol. The van der Waals surface area contributed by atoms with Crippen molar-refractivity contribution in [2.75, 3.05) is 0 Å². The van der Waals surface area contributed by atoms with Crippen LogP contribution in [0.25, 0.3) is 0 Å². The second-order valence-electron chi connectivity index (χ2n) is 0. The molecule has 0 aliphatic heterocycles.